The minimum atomic E-state index is 0.570. The van der Waals surface area contributed by atoms with E-state index in [4.69, 9.17) is 0 Å². The van der Waals surface area contributed by atoms with Crippen molar-refractivity contribution in [1.29, 1.82) is 0 Å². The average molecular weight is 391 g/mol. The largest absolute Gasteiger partial charge is 0.262 e. The zero-order chi connectivity index (χ0) is 12.5. The summed E-state index contributed by atoms with van der Waals surface area (Å²) in [5, 5.41) is 7.47. The molecule has 3 rings (SSSR count). The van der Waals surface area contributed by atoms with Gasteiger partial charge in [-0.15, -0.1) is 11.3 Å². The topological polar surface area (TPSA) is 41.6 Å². The second kappa shape index (κ2) is 5.43. The van der Waals surface area contributed by atoms with Crippen molar-refractivity contribution in [3.05, 3.63) is 19.5 Å². The van der Waals surface area contributed by atoms with E-state index in [0.29, 0.717) is 5.92 Å². The molecule has 2 heterocycles. The molecule has 1 saturated carbocycles. The van der Waals surface area contributed by atoms with Crippen LogP contribution < -0.4 is 0 Å². The second-order valence-electron chi connectivity index (χ2n) is 4.62. The van der Waals surface area contributed by atoms with Crippen LogP contribution in [-0.4, -0.2) is 15.2 Å². The van der Waals surface area contributed by atoms with Gasteiger partial charge in [-0.05, 0) is 50.8 Å². The summed E-state index contributed by atoms with van der Waals surface area (Å²) >= 11 is 8.69. The van der Waals surface area contributed by atoms with Crippen LogP contribution in [-0.2, 0) is 0 Å². The Bertz CT molecular complexity index is 543. The fourth-order valence-electron chi connectivity index (χ4n) is 2.45. The molecule has 18 heavy (non-hydrogen) atoms. The van der Waals surface area contributed by atoms with E-state index in [0.717, 1.165) is 24.8 Å². The van der Waals surface area contributed by atoms with Crippen LogP contribution in [0.3, 0.4) is 0 Å². The average Bonchev–Trinajstić information content (AvgIpc) is 2.97. The van der Waals surface area contributed by atoms with Gasteiger partial charge in [0, 0.05) is 11.5 Å². The van der Waals surface area contributed by atoms with Crippen LogP contribution in [0.2, 0.25) is 0 Å². The lowest BCUT2D eigenvalue weighted by atomic mass is 9.89. The van der Waals surface area contributed by atoms with Crippen molar-refractivity contribution in [3.8, 4) is 11.4 Å². The molecular weight excluding hydrogens is 378 g/mol. The quantitative estimate of drug-likeness (QED) is 0.774. The van der Waals surface area contributed by atoms with Crippen LogP contribution in [0, 0.1) is 0 Å². The van der Waals surface area contributed by atoms with Crippen LogP contribution >= 0.6 is 43.2 Å². The van der Waals surface area contributed by atoms with Gasteiger partial charge in [0.2, 0.25) is 0 Å². The maximum atomic E-state index is 4.67. The number of aromatic nitrogens is 3. The van der Waals surface area contributed by atoms with Crippen molar-refractivity contribution >= 4 is 43.2 Å². The first kappa shape index (κ1) is 12.8. The molecule has 1 N–H and O–H groups in total. The number of halogens is 2. The third kappa shape index (κ3) is 2.56. The number of rotatable bonds is 2. The minimum absolute atomic E-state index is 0.570. The van der Waals surface area contributed by atoms with Gasteiger partial charge in [0.1, 0.15) is 5.82 Å². The third-order valence-corrected chi connectivity index (χ3v) is 5.73. The molecule has 1 fully saturated rings. The summed E-state index contributed by atoms with van der Waals surface area (Å²) in [5.41, 5.74) is 1.06. The molecule has 0 bridgehead atoms. The SMILES string of the molecule is Brc1cc(-c2n[nH]c(C3CCCCC3)n2)c(Br)s1. The van der Waals surface area contributed by atoms with E-state index in [1.165, 1.54) is 32.1 Å². The Morgan fingerprint density at radius 3 is 2.67 bits per heavy atom. The summed E-state index contributed by atoms with van der Waals surface area (Å²) in [6, 6.07) is 2.06. The number of hydrogen-bond acceptors (Lipinski definition) is 3. The number of nitrogens with one attached hydrogen (secondary N) is 1. The van der Waals surface area contributed by atoms with E-state index in [1.54, 1.807) is 11.3 Å². The maximum absolute atomic E-state index is 4.67. The summed E-state index contributed by atoms with van der Waals surface area (Å²) in [7, 11) is 0. The van der Waals surface area contributed by atoms with Gasteiger partial charge in [-0.25, -0.2) is 4.98 Å². The first-order chi connectivity index (χ1) is 8.74. The first-order valence-corrected chi connectivity index (χ1v) is 8.52. The lowest BCUT2D eigenvalue weighted by Gasteiger charge is -2.18. The standard InChI is InChI=1S/C12H13Br2N3S/c13-9-6-8(10(14)18-9)12-15-11(16-17-12)7-4-2-1-3-5-7/h6-7H,1-5H2,(H,15,16,17). The normalized spacial score (nSPS) is 17.2. The summed E-state index contributed by atoms with van der Waals surface area (Å²) < 4.78 is 2.16. The van der Waals surface area contributed by atoms with Crippen LogP contribution in [0.1, 0.15) is 43.8 Å². The lowest BCUT2D eigenvalue weighted by molar-refractivity contribution is 0.429. The van der Waals surface area contributed by atoms with Crippen molar-refractivity contribution in [2.24, 2.45) is 0 Å². The Morgan fingerprint density at radius 2 is 2.00 bits per heavy atom. The molecular formula is C12H13Br2N3S. The Kier molecular flexibility index (Phi) is 3.86. The highest BCUT2D eigenvalue weighted by molar-refractivity contribution is 9.12. The van der Waals surface area contributed by atoms with Crippen molar-refractivity contribution in [2.75, 3.05) is 0 Å². The highest BCUT2D eigenvalue weighted by Crippen LogP contribution is 2.38. The van der Waals surface area contributed by atoms with Gasteiger partial charge in [-0.1, -0.05) is 19.3 Å². The molecule has 0 spiro atoms. The number of aromatic amines is 1. The van der Waals surface area contributed by atoms with Crippen LogP contribution in [0.4, 0.5) is 0 Å². The zero-order valence-corrected chi connectivity index (χ0v) is 13.7. The number of hydrogen-bond donors (Lipinski definition) is 1. The maximum Gasteiger partial charge on any atom is 0.183 e. The number of nitrogens with zero attached hydrogens (tertiary/aromatic N) is 2. The van der Waals surface area contributed by atoms with Crippen molar-refractivity contribution in [3.63, 3.8) is 0 Å². The van der Waals surface area contributed by atoms with Gasteiger partial charge in [0.05, 0.1) is 7.57 Å². The predicted octanol–water partition coefficient (Wildman–Crippen LogP) is 5.11. The van der Waals surface area contributed by atoms with Gasteiger partial charge in [0.25, 0.3) is 0 Å². The smallest absolute Gasteiger partial charge is 0.183 e. The van der Waals surface area contributed by atoms with E-state index in [-0.39, 0.29) is 0 Å². The fourth-order valence-corrected chi connectivity index (χ4v) is 5.24. The molecule has 0 aliphatic heterocycles. The summed E-state index contributed by atoms with van der Waals surface area (Å²) in [5.74, 6) is 2.42. The van der Waals surface area contributed by atoms with Gasteiger partial charge >= 0.3 is 0 Å². The molecule has 2 aromatic heterocycles. The van der Waals surface area contributed by atoms with E-state index < -0.39 is 0 Å². The highest BCUT2D eigenvalue weighted by atomic mass is 79.9. The Morgan fingerprint density at radius 1 is 1.22 bits per heavy atom. The second-order valence-corrected chi connectivity index (χ2v) is 8.37. The van der Waals surface area contributed by atoms with Gasteiger partial charge in [-0.2, -0.15) is 5.10 Å². The number of H-pyrrole nitrogens is 1. The molecule has 0 atom stereocenters. The van der Waals surface area contributed by atoms with Crippen molar-refractivity contribution < 1.29 is 0 Å². The van der Waals surface area contributed by atoms with Gasteiger partial charge < -0.3 is 0 Å². The summed E-state index contributed by atoms with van der Waals surface area (Å²) in [4.78, 5) is 4.67. The molecule has 0 saturated heterocycles. The Hall–Kier alpha value is -0.200. The molecule has 2 aromatic rings. The van der Waals surface area contributed by atoms with Crippen molar-refractivity contribution in [2.45, 2.75) is 38.0 Å². The highest BCUT2D eigenvalue weighted by Gasteiger charge is 2.20. The van der Waals surface area contributed by atoms with Crippen LogP contribution in [0.15, 0.2) is 13.6 Å². The summed E-state index contributed by atoms with van der Waals surface area (Å²) in [6.45, 7) is 0. The minimum Gasteiger partial charge on any atom is -0.262 e. The monoisotopic (exact) mass is 389 g/mol. The van der Waals surface area contributed by atoms with E-state index >= 15 is 0 Å². The van der Waals surface area contributed by atoms with E-state index in [2.05, 4.69) is 53.1 Å². The molecule has 0 unspecified atom stereocenters. The molecule has 3 nitrogen and oxygen atoms in total. The van der Waals surface area contributed by atoms with Gasteiger partial charge in [-0.3, -0.25) is 5.10 Å². The fraction of sp³-hybridized carbons (Fsp3) is 0.500. The Balaban J connectivity index is 1.86. The molecule has 0 radical (unpaired) electrons. The molecule has 0 amide bonds. The molecule has 0 aromatic carbocycles. The first-order valence-electron chi connectivity index (χ1n) is 6.11. The third-order valence-electron chi connectivity index (χ3n) is 3.39. The summed E-state index contributed by atoms with van der Waals surface area (Å²) in [6.07, 6.45) is 6.47. The van der Waals surface area contributed by atoms with Crippen LogP contribution in [0.25, 0.3) is 11.4 Å². The zero-order valence-electron chi connectivity index (χ0n) is 9.75. The Labute approximate surface area is 127 Å². The lowest BCUT2D eigenvalue weighted by Crippen LogP contribution is -2.06. The molecule has 1 aliphatic carbocycles. The molecule has 96 valence electrons. The van der Waals surface area contributed by atoms with Gasteiger partial charge in [0.15, 0.2) is 5.82 Å². The number of thiophene rings is 1. The van der Waals surface area contributed by atoms with E-state index in [9.17, 15) is 0 Å². The van der Waals surface area contributed by atoms with Crippen LogP contribution in [0.5, 0.6) is 0 Å². The predicted molar refractivity (Wildman–Crippen MR) is 80.9 cm³/mol. The molecule has 6 heteroatoms. The molecule has 1 aliphatic rings. The van der Waals surface area contributed by atoms with E-state index in [1.807, 2.05) is 0 Å². The van der Waals surface area contributed by atoms with Crippen molar-refractivity contribution in [1.82, 2.24) is 15.2 Å².